The zero-order valence-electron chi connectivity index (χ0n) is 14.0. The van der Waals surface area contributed by atoms with Crippen molar-refractivity contribution in [3.05, 3.63) is 71.7 Å². The molecule has 4 nitrogen and oxygen atoms in total. The molecule has 26 heavy (non-hydrogen) atoms. The predicted octanol–water partition coefficient (Wildman–Crippen LogP) is 3.71. The molecule has 1 N–H and O–H groups in total. The minimum absolute atomic E-state index is 0.0576. The maximum Gasteiger partial charge on any atom is 0.251 e. The number of amides is 1. The lowest BCUT2D eigenvalue weighted by atomic mass is 10.1. The fraction of sp³-hybridized carbons (Fsp3) is 0.143. The van der Waals surface area contributed by atoms with Gasteiger partial charge in [-0.15, -0.1) is 12.3 Å². The van der Waals surface area contributed by atoms with Crippen LogP contribution in [0, 0.1) is 18.2 Å². The van der Waals surface area contributed by atoms with Crippen LogP contribution in [0.3, 0.4) is 0 Å². The highest BCUT2D eigenvalue weighted by Gasteiger charge is 2.11. The van der Waals surface area contributed by atoms with Gasteiger partial charge in [-0.05, 0) is 30.3 Å². The molecule has 130 valence electrons. The number of rotatable bonds is 6. The van der Waals surface area contributed by atoms with Gasteiger partial charge in [0.1, 0.15) is 0 Å². The van der Waals surface area contributed by atoms with Gasteiger partial charge in [-0.3, -0.25) is 9.78 Å². The van der Waals surface area contributed by atoms with Crippen molar-refractivity contribution in [2.75, 3.05) is 6.61 Å². The number of fused-ring (bicyclic) bond motifs is 1. The molecule has 0 fully saturated rings. The average molecular weight is 348 g/mol. The Kier molecular flexibility index (Phi) is 5.45. The maximum atomic E-state index is 14.4. The van der Waals surface area contributed by atoms with E-state index in [1.165, 1.54) is 6.07 Å². The van der Waals surface area contributed by atoms with Gasteiger partial charge in [-0.1, -0.05) is 18.2 Å². The zero-order valence-corrected chi connectivity index (χ0v) is 14.0. The van der Waals surface area contributed by atoms with Gasteiger partial charge >= 0.3 is 0 Å². The minimum atomic E-state index is -0.493. The van der Waals surface area contributed by atoms with E-state index in [1.807, 2.05) is 12.1 Å². The summed E-state index contributed by atoms with van der Waals surface area (Å²) in [6.07, 6.45) is 7.25. The summed E-state index contributed by atoms with van der Waals surface area (Å²) in [7, 11) is 0. The second kappa shape index (κ2) is 8.13. The van der Waals surface area contributed by atoms with Crippen LogP contribution in [-0.4, -0.2) is 17.5 Å². The first-order chi connectivity index (χ1) is 12.7. The first kappa shape index (κ1) is 17.4. The first-order valence-corrected chi connectivity index (χ1v) is 8.15. The quantitative estimate of drug-likeness (QED) is 0.546. The highest BCUT2D eigenvalue weighted by molar-refractivity contribution is 5.97. The van der Waals surface area contributed by atoms with E-state index in [2.05, 4.69) is 16.2 Å². The maximum absolute atomic E-state index is 14.4. The van der Waals surface area contributed by atoms with Crippen molar-refractivity contribution < 1.29 is 13.9 Å². The molecule has 0 saturated heterocycles. The molecule has 0 bridgehead atoms. The Morgan fingerprint density at radius 1 is 1.23 bits per heavy atom. The SMILES string of the molecule is C#CCCOc1cccc(CNC(=O)c2ccc3ncccc3c2)c1F. The molecule has 0 aliphatic carbocycles. The lowest BCUT2D eigenvalue weighted by molar-refractivity contribution is 0.0950. The molecule has 2 aromatic carbocycles. The number of nitrogens with one attached hydrogen (secondary N) is 1. The summed E-state index contributed by atoms with van der Waals surface area (Å²) < 4.78 is 19.7. The minimum Gasteiger partial charge on any atom is -0.490 e. The van der Waals surface area contributed by atoms with E-state index in [4.69, 9.17) is 11.2 Å². The Bertz CT molecular complexity index is 979. The van der Waals surface area contributed by atoms with Gasteiger partial charge in [0.15, 0.2) is 11.6 Å². The van der Waals surface area contributed by atoms with Gasteiger partial charge in [0.25, 0.3) is 5.91 Å². The van der Waals surface area contributed by atoms with Crippen LogP contribution in [0.1, 0.15) is 22.3 Å². The third kappa shape index (κ3) is 3.98. The largest absolute Gasteiger partial charge is 0.490 e. The molecule has 0 atom stereocenters. The topological polar surface area (TPSA) is 51.2 Å². The van der Waals surface area contributed by atoms with Gasteiger partial charge in [0, 0.05) is 35.7 Å². The first-order valence-electron chi connectivity index (χ1n) is 8.15. The van der Waals surface area contributed by atoms with Gasteiger partial charge < -0.3 is 10.1 Å². The van der Waals surface area contributed by atoms with E-state index in [0.29, 0.717) is 17.5 Å². The Morgan fingerprint density at radius 3 is 2.96 bits per heavy atom. The number of terminal acetylenes is 1. The normalized spacial score (nSPS) is 10.3. The molecule has 3 aromatic rings. The highest BCUT2D eigenvalue weighted by atomic mass is 19.1. The molecule has 0 unspecified atom stereocenters. The van der Waals surface area contributed by atoms with E-state index >= 15 is 0 Å². The predicted molar refractivity (Wildman–Crippen MR) is 98.3 cm³/mol. The number of nitrogens with zero attached hydrogens (tertiary/aromatic N) is 1. The number of hydrogen-bond donors (Lipinski definition) is 1. The van der Waals surface area contributed by atoms with Crippen LogP contribution < -0.4 is 10.1 Å². The molecular formula is C21H17FN2O2. The van der Waals surface area contributed by atoms with Gasteiger partial charge in [-0.25, -0.2) is 4.39 Å². The van der Waals surface area contributed by atoms with Crippen LogP contribution in [0.2, 0.25) is 0 Å². The van der Waals surface area contributed by atoms with Crippen molar-refractivity contribution in [2.45, 2.75) is 13.0 Å². The molecule has 0 aliphatic rings. The number of halogens is 1. The Labute approximate surface area is 151 Å². The van der Waals surface area contributed by atoms with E-state index in [-0.39, 0.29) is 24.8 Å². The molecule has 5 heteroatoms. The van der Waals surface area contributed by atoms with E-state index in [1.54, 1.807) is 36.5 Å². The van der Waals surface area contributed by atoms with Crippen LogP contribution in [0.4, 0.5) is 4.39 Å². The molecule has 0 aliphatic heterocycles. The van der Waals surface area contributed by atoms with Crippen LogP contribution in [0.25, 0.3) is 10.9 Å². The zero-order chi connectivity index (χ0) is 18.4. The average Bonchev–Trinajstić information content (AvgIpc) is 2.68. The number of aromatic nitrogens is 1. The summed E-state index contributed by atoms with van der Waals surface area (Å²) in [6.45, 7) is 0.302. The summed E-state index contributed by atoms with van der Waals surface area (Å²) in [5.74, 6) is 1.79. The fourth-order valence-electron chi connectivity index (χ4n) is 2.52. The summed E-state index contributed by atoms with van der Waals surface area (Å²) in [5.41, 5.74) is 1.65. The smallest absolute Gasteiger partial charge is 0.251 e. The lowest BCUT2D eigenvalue weighted by Gasteiger charge is -2.10. The number of pyridine rings is 1. The Balaban J connectivity index is 1.68. The summed E-state index contributed by atoms with van der Waals surface area (Å²) in [5, 5.41) is 3.60. The fourth-order valence-corrected chi connectivity index (χ4v) is 2.52. The number of carbonyl (C=O) groups excluding carboxylic acids is 1. The highest BCUT2D eigenvalue weighted by Crippen LogP contribution is 2.21. The van der Waals surface area contributed by atoms with Gasteiger partial charge in [-0.2, -0.15) is 0 Å². The Hall–Kier alpha value is -3.39. The molecule has 0 saturated carbocycles. The summed E-state index contributed by atoms with van der Waals surface area (Å²) in [6, 6.07) is 13.7. The number of benzene rings is 2. The van der Waals surface area contributed by atoms with Gasteiger partial charge in [0.05, 0.1) is 12.1 Å². The van der Waals surface area contributed by atoms with E-state index in [9.17, 15) is 9.18 Å². The molecule has 3 rings (SSSR count). The van der Waals surface area contributed by atoms with Crippen molar-refractivity contribution in [3.63, 3.8) is 0 Å². The van der Waals surface area contributed by atoms with Crippen LogP contribution >= 0.6 is 0 Å². The molecule has 1 aromatic heterocycles. The van der Waals surface area contributed by atoms with Crippen molar-refractivity contribution >= 4 is 16.8 Å². The van der Waals surface area contributed by atoms with Crippen LogP contribution in [0.5, 0.6) is 5.75 Å². The number of hydrogen-bond acceptors (Lipinski definition) is 3. The van der Waals surface area contributed by atoms with Crippen LogP contribution in [0.15, 0.2) is 54.7 Å². The lowest BCUT2D eigenvalue weighted by Crippen LogP contribution is -2.23. The number of ether oxygens (including phenoxy) is 1. The van der Waals surface area contributed by atoms with Crippen molar-refractivity contribution in [3.8, 4) is 18.1 Å². The third-order valence-electron chi connectivity index (χ3n) is 3.85. The second-order valence-corrected chi connectivity index (χ2v) is 5.63. The molecular weight excluding hydrogens is 331 g/mol. The monoisotopic (exact) mass is 348 g/mol. The standard InChI is InChI=1S/C21H17FN2O2/c1-2-3-12-26-19-8-4-6-17(20(19)22)14-24-21(25)16-9-10-18-15(13-16)7-5-11-23-18/h1,4-11,13H,3,12,14H2,(H,24,25). The Morgan fingerprint density at radius 2 is 2.12 bits per heavy atom. The van der Waals surface area contributed by atoms with Crippen molar-refractivity contribution in [1.29, 1.82) is 0 Å². The summed E-state index contributed by atoms with van der Waals surface area (Å²) >= 11 is 0. The van der Waals surface area contributed by atoms with Crippen molar-refractivity contribution in [2.24, 2.45) is 0 Å². The van der Waals surface area contributed by atoms with Crippen molar-refractivity contribution in [1.82, 2.24) is 10.3 Å². The van der Waals surface area contributed by atoms with Crippen LogP contribution in [-0.2, 0) is 6.54 Å². The summed E-state index contributed by atoms with van der Waals surface area (Å²) in [4.78, 5) is 16.6. The molecule has 0 spiro atoms. The molecule has 1 heterocycles. The molecule has 1 amide bonds. The number of carbonyl (C=O) groups is 1. The van der Waals surface area contributed by atoms with E-state index < -0.39 is 5.82 Å². The second-order valence-electron chi connectivity index (χ2n) is 5.63. The van der Waals surface area contributed by atoms with Gasteiger partial charge in [0.2, 0.25) is 0 Å². The van der Waals surface area contributed by atoms with E-state index in [0.717, 1.165) is 10.9 Å². The third-order valence-corrected chi connectivity index (χ3v) is 3.85. The molecule has 0 radical (unpaired) electrons.